The van der Waals surface area contributed by atoms with Gasteiger partial charge in [-0.2, -0.15) is 4.72 Å². The third kappa shape index (κ3) is 7.13. The molecule has 1 aliphatic rings. The average Bonchev–Trinajstić information content (AvgIpc) is 2.68. The molecule has 0 radical (unpaired) electrons. The quantitative estimate of drug-likeness (QED) is 0.574. The third-order valence-electron chi connectivity index (χ3n) is 4.84. The molecule has 0 bridgehead atoms. The van der Waals surface area contributed by atoms with Crippen LogP contribution in [0.5, 0.6) is 0 Å². The molecule has 0 saturated heterocycles. The van der Waals surface area contributed by atoms with E-state index in [1.807, 2.05) is 0 Å². The molecule has 1 amide bonds. The molecule has 162 valence electrons. The van der Waals surface area contributed by atoms with E-state index in [1.54, 1.807) is 0 Å². The van der Waals surface area contributed by atoms with Crippen molar-refractivity contribution in [2.24, 2.45) is 5.92 Å². The van der Waals surface area contributed by atoms with Gasteiger partial charge in [-0.3, -0.25) is 9.59 Å². The van der Waals surface area contributed by atoms with Crippen LogP contribution in [0.4, 0.5) is 0 Å². The van der Waals surface area contributed by atoms with Crippen LogP contribution in [0.25, 0.3) is 0 Å². The van der Waals surface area contributed by atoms with Gasteiger partial charge in [-0.15, -0.1) is 0 Å². The molecule has 0 aliphatic heterocycles. The summed E-state index contributed by atoms with van der Waals surface area (Å²) < 4.78 is 32.1. The number of nitrogens with one attached hydrogen (secondary N) is 2. The van der Waals surface area contributed by atoms with Crippen molar-refractivity contribution >= 4 is 45.1 Å². The van der Waals surface area contributed by atoms with Crippen molar-refractivity contribution in [1.82, 2.24) is 10.0 Å². The molecule has 2 rings (SSSR count). The lowest BCUT2D eigenvalue weighted by Gasteiger charge is -2.23. The molecule has 0 heterocycles. The molecule has 2 N–H and O–H groups in total. The van der Waals surface area contributed by atoms with Gasteiger partial charge in [0.25, 0.3) is 5.91 Å². The summed E-state index contributed by atoms with van der Waals surface area (Å²) in [5.74, 6) is -0.801. The molecule has 1 fully saturated rings. The number of rotatable bonds is 8. The lowest BCUT2D eigenvalue weighted by atomic mass is 9.89. The second-order valence-corrected chi connectivity index (χ2v) is 9.78. The number of halogens is 2. The Morgan fingerprint density at radius 3 is 2.41 bits per heavy atom. The van der Waals surface area contributed by atoms with Crippen LogP contribution in [0.15, 0.2) is 23.1 Å². The molecular formula is C19H26Cl2N2O5S. The van der Waals surface area contributed by atoms with Crippen LogP contribution in [0.1, 0.15) is 46.0 Å². The van der Waals surface area contributed by atoms with Gasteiger partial charge in [0.2, 0.25) is 10.0 Å². The predicted molar refractivity (Wildman–Crippen MR) is 111 cm³/mol. The number of amides is 1. The monoisotopic (exact) mass is 464 g/mol. The molecule has 29 heavy (non-hydrogen) atoms. The van der Waals surface area contributed by atoms with Crippen LogP contribution in [0.2, 0.25) is 10.0 Å². The standard InChI is InChI=1S/C19H26Cl2N2O5S/c1-12(23-29(26,27)15-8-9-16(20)17(21)10-15)19(25)28-13(2)18(24)22-11-14-6-4-3-5-7-14/h8-10,12-14,23H,3-7,11H2,1-2H3,(H,22,24)/t12-,13?/m0/s1. The highest BCUT2D eigenvalue weighted by Crippen LogP contribution is 2.25. The summed E-state index contributed by atoms with van der Waals surface area (Å²) in [5, 5.41) is 3.09. The van der Waals surface area contributed by atoms with Crippen LogP contribution in [0.3, 0.4) is 0 Å². The smallest absolute Gasteiger partial charge is 0.324 e. The molecule has 1 unspecified atom stereocenters. The normalized spacial score (nSPS) is 17.4. The third-order valence-corrected chi connectivity index (χ3v) is 7.12. The number of benzene rings is 1. The van der Waals surface area contributed by atoms with E-state index < -0.39 is 34.0 Å². The van der Waals surface area contributed by atoms with E-state index in [9.17, 15) is 18.0 Å². The SMILES string of the molecule is CC(OC(=O)[C@H](C)NS(=O)(=O)c1ccc(Cl)c(Cl)c1)C(=O)NCC1CCCCC1. The van der Waals surface area contributed by atoms with Crippen molar-refractivity contribution in [2.45, 2.75) is 63.0 Å². The van der Waals surface area contributed by atoms with Crippen molar-refractivity contribution in [3.63, 3.8) is 0 Å². The molecule has 7 nitrogen and oxygen atoms in total. The van der Waals surface area contributed by atoms with Gasteiger partial charge in [0.15, 0.2) is 6.10 Å². The van der Waals surface area contributed by atoms with Crippen LogP contribution >= 0.6 is 23.2 Å². The molecule has 10 heteroatoms. The van der Waals surface area contributed by atoms with Gasteiger partial charge in [0, 0.05) is 6.54 Å². The van der Waals surface area contributed by atoms with E-state index in [-0.39, 0.29) is 14.9 Å². The Bertz CT molecular complexity index is 841. The lowest BCUT2D eigenvalue weighted by molar-refractivity contribution is -0.156. The molecular weight excluding hydrogens is 439 g/mol. The summed E-state index contributed by atoms with van der Waals surface area (Å²) >= 11 is 11.6. The van der Waals surface area contributed by atoms with Crippen LogP contribution in [0, 0.1) is 5.92 Å². The predicted octanol–water partition coefficient (Wildman–Crippen LogP) is 3.29. The van der Waals surface area contributed by atoms with Crippen molar-refractivity contribution in [3.8, 4) is 0 Å². The topological polar surface area (TPSA) is 102 Å². The summed E-state index contributed by atoms with van der Waals surface area (Å²) in [5.41, 5.74) is 0. The summed E-state index contributed by atoms with van der Waals surface area (Å²) in [6.45, 7) is 3.35. The van der Waals surface area contributed by atoms with Gasteiger partial charge in [0.05, 0.1) is 14.9 Å². The zero-order chi connectivity index (χ0) is 21.6. The number of hydrogen-bond donors (Lipinski definition) is 2. The highest BCUT2D eigenvalue weighted by molar-refractivity contribution is 7.89. The van der Waals surface area contributed by atoms with Crippen molar-refractivity contribution in [2.75, 3.05) is 6.54 Å². The van der Waals surface area contributed by atoms with Gasteiger partial charge in [-0.1, -0.05) is 42.5 Å². The highest BCUT2D eigenvalue weighted by atomic mass is 35.5. The average molecular weight is 465 g/mol. The van der Waals surface area contributed by atoms with Crippen molar-refractivity contribution < 1.29 is 22.7 Å². The first kappa shape index (κ1) is 23.9. The molecule has 1 aromatic rings. The maximum Gasteiger partial charge on any atom is 0.324 e. The van der Waals surface area contributed by atoms with E-state index in [4.69, 9.17) is 27.9 Å². The van der Waals surface area contributed by atoms with Gasteiger partial charge in [-0.25, -0.2) is 8.42 Å². The number of ether oxygens (including phenoxy) is 1. The molecule has 1 aromatic carbocycles. The number of carbonyl (C=O) groups is 2. The highest BCUT2D eigenvalue weighted by Gasteiger charge is 2.27. The van der Waals surface area contributed by atoms with Crippen molar-refractivity contribution in [1.29, 1.82) is 0 Å². The van der Waals surface area contributed by atoms with Gasteiger partial charge < -0.3 is 10.1 Å². The maximum absolute atomic E-state index is 12.4. The Morgan fingerprint density at radius 2 is 1.79 bits per heavy atom. The minimum Gasteiger partial charge on any atom is -0.451 e. The summed E-state index contributed by atoms with van der Waals surface area (Å²) in [7, 11) is -4.02. The van der Waals surface area contributed by atoms with Crippen molar-refractivity contribution in [3.05, 3.63) is 28.2 Å². The second-order valence-electron chi connectivity index (χ2n) is 7.25. The van der Waals surface area contributed by atoms with E-state index in [0.717, 1.165) is 12.8 Å². The number of hydrogen-bond acceptors (Lipinski definition) is 5. The molecule has 1 saturated carbocycles. The summed E-state index contributed by atoms with van der Waals surface area (Å²) in [4.78, 5) is 24.2. The molecule has 0 aromatic heterocycles. The van der Waals surface area contributed by atoms with Gasteiger partial charge in [0.1, 0.15) is 6.04 Å². The first-order valence-electron chi connectivity index (χ1n) is 9.55. The van der Waals surface area contributed by atoms with Crippen LogP contribution in [-0.4, -0.2) is 39.0 Å². The lowest BCUT2D eigenvalue weighted by Crippen LogP contribution is -2.44. The van der Waals surface area contributed by atoms with Crippen LogP contribution in [-0.2, 0) is 24.3 Å². The largest absolute Gasteiger partial charge is 0.451 e. The fourth-order valence-electron chi connectivity index (χ4n) is 3.10. The Morgan fingerprint density at radius 1 is 1.14 bits per heavy atom. The molecule has 1 aliphatic carbocycles. The van der Waals surface area contributed by atoms with E-state index >= 15 is 0 Å². The number of carbonyl (C=O) groups excluding carboxylic acids is 2. The summed E-state index contributed by atoms with van der Waals surface area (Å²) in [6, 6.07) is 2.62. The number of sulfonamides is 1. The maximum atomic E-state index is 12.4. The zero-order valence-electron chi connectivity index (χ0n) is 16.4. The van der Waals surface area contributed by atoms with Gasteiger partial charge >= 0.3 is 5.97 Å². The fourth-order valence-corrected chi connectivity index (χ4v) is 4.68. The minimum absolute atomic E-state index is 0.0769. The van der Waals surface area contributed by atoms with E-state index in [1.165, 1.54) is 51.3 Å². The second kappa shape index (κ2) is 10.6. The summed E-state index contributed by atoms with van der Waals surface area (Å²) in [6.07, 6.45) is 4.71. The molecule has 0 spiro atoms. The Hall–Kier alpha value is -1.35. The fraction of sp³-hybridized carbons (Fsp3) is 0.579. The Kier molecular flexibility index (Phi) is 8.75. The minimum atomic E-state index is -4.02. The van der Waals surface area contributed by atoms with E-state index in [0.29, 0.717) is 12.5 Å². The first-order valence-corrected chi connectivity index (χ1v) is 11.8. The first-order chi connectivity index (χ1) is 13.6. The zero-order valence-corrected chi connectivity index (χ0v) is 18.7. The van der Waals surface area contributed by atoms with E-state index in [2.05, 4.69) is 10.0 Å². The Labute approximate surface area is 181 Å². The number of esters is 1. The van der Waals surface area contributed by atoms with Crippen LogP contribution < -0.4 is 10.0 Å². The van der Waals surface area contributed by atoms with Gasteiger partial charge in [-0.05, 0) is 50.8 Å². The Balaban J connectivity index is 1.86. The molecule has 2 atom stereocenters.